The second-order valence-electron chi connectivity index (χ2n) is 2.98. The molecule has 0 heterocycles. The molecule has 0 aliphatic rings. The number of hydrogen-bond donors (Lipinski definition) is 0. The van der Waals surface area contributed by atoms with Crippen molar-refractivity contribution in [2.24, 2.45) is 0 Å². The lowest BCUT2D eigenvalue weighted by Gasteiger charge is -1.97. The van der Waals surface area contributed by atoms with Crippen LogP contribution in [0.2, 0.25) is 0 Å². The Morgan fingerprint density at radius 2 is 1.33 bits per heavy atom. The van der Waals surface area contributed by atoms with Crippen molar-refractivity contribution in [1.82, 2.24) is 0 Å². The lowest BCUT2D eigenvalue weighted by molar-refractivity contribution is 0.603. The number of nitrogens with zero attached hydrogens (tertiary/aromatic N) is 1. The van der Waals surface area contributed by atoms with Crippen molar-refractivity contribution in [3.63, 3.8) is 0 Å². The predicted molar refractivity (Wildman–Crippen MR) is 51.4 cm³/mol. The Hall–Kier alpha value is -0.950. The summed E-state index contributed by atoms with van der Waals surface area (Å²) in [6.45, 7) is 0. The Bertz CT molecular complexity index is 139. The molecule has 0 aromatic heterocycles. The SMILES string of the molecule is C#CCCCCCCCCC#N. The molecule has 1 nitrogen and oxygen atoms in total. The van der Waals surface area contributed by atoms with Gasteiger partial charge in [-0.1, -0.05) is 25.7 Å². The molecule has 0 amide bonds. The lowest BCUT2D eigenvalue weighted by Crippen LogP contribution is -1.79. The first-order chi connectivity index (χ1) is 5.91. The van der Waals surface area contributed by atoms with Crippen LogP contribution in [0.1, 0.15) is 51.4 Å². The summed E-state index contributed by atoms with van der Waals surface area (Å²) in [5.41, 5.74) is 0. The van der Waals surface area contributed by atoms with E-state index in [1.807, 2.05) is 0 Å². The van der Waals surface area contributed by atoms with Crippen LogP contribution in [0.15, 0.2) is 0 Å². The molecule has 0 unspecified atom stereocenters. The van der Waals surface area contributed by atoms with Crippen molar-refractivity contribution in [2.45, 2.75) is 51.4 Å². The van der Waals surface area contributed by atoms with Crippen molar-refractivity contribution in [2.75, 3.05) is 0 Å². The maximum atomic E-state index is 8.27. The Balaban J connectivity index is 2.84. The first-order valence-electron chi connectivity index (χ1n) is 4.72. The molecule has 0 saturated heterocycles. The highest BCUT2D eigenvalue weighted by molar-refractivity contribution is 4.82. The highest BCUT2D eigenvalue weighted by Crippen LogP contribution is 2.07. The molecule has 0 atom stereocenters. The van der Waals surface area contributed by atoms with E-state index in [2.05, 4.69) is 12.0 Å². The monoisotopic (exact) mass is 163 g/mol. The lowest BCUT2D eigenvalue weighted by atomic mass is 10.1. The fourth-order valence-electron chi connectivity index (χ4n) is 1.14. The van der Waals surface area contributed by atoms with E-state index >= 15 is 0 Å². The molecule has 0 aliphatic heterocycles. The predicted octanol–water partition coefficient (Wildman–Crippen LogP) is 3.26. The fourth-order valence-corrected chi connectivity index (χ4v) is 1.14. The van der Waals surface area contributed by atoms with Crippen LogP contribution < -0.4 is 0 Å². The van der Waals surface area contributed by atoms with E-state index in [0.717, 1.165) is 19.3 Å². The highest BCUT2D eigenvalue weighted by atomic mass is 14.2. The van der Waals surface area contributed by atoms with Crippen molar-refractivity contribution < 1.29 is 0 Å². The van der Waals surface area contributed by atoms with Crippen LogP contribution in [-0.2, 0) is 0 Å². The summed E-state index contributed by atoms with van der Waals surface area (Å²) in [7, 11) is 0. The molecule has 0 aliphatic carbocycles. The van der Waals surface area contributed by atoms with Crippen LogP contribution in [0.3, 0.4) is 0 Å². The van der Waals surface area contributed by atoms with E-state index in [0.29, 0.717) is 6.42 Å². The molecule has 1 heteroatoms. The number of unbranched alkanes of at least 4 members (excludes halogenated alkanes) is 7. The molecular formula is C11H17N. The van der Waals surface area contributed by atoms with E-state index in [1.165, 1.54) is 25.7 Å². The molecule has 0 radical (unpaired) electrons. The number of terminal acetylenes is 1. The standard InChI is InChI=1S/C11H17N/c1-2-3-4-5-6-7-8-9-10-11-12/h1H,3-10H2. The molecule has 0 spiro atoms. The molecule has 0 saturated carbocycles. The third-order valence-corrected chi connectivity index (χ3v) is 1.86. The molecule has 0 aromatic rings. The summed E-state index contributed by atoms with van der Waals surface area (Å²) < 4.78 is 0. The highest BCUT2D eigenvalue weighted by Gasteiger charge is 1.89. The Labute approximate surface area is 75.8 Å². The van der Waals surface area contributed by atoms with Crippen LogP contribution in [0, 0.1) is 23.7 Å². The van der Waals surface area contributed by atoms with Gasteiger partial charge in [0.25, 0.3) is 0 Å². The largest absolute Gasteiger partial charge is 0.198 e. The average molecular weight is 163 g/mol. The van der Waals surface area contributed by atoms with Crippen LogP contribution >= 0.6 is 0 Å². The van der Waals surface area contributed by atoms with Gasteiger partial charge in [-0.25, -0.2) is 0 Å². The summed E-state index contributed by atoms with van der Waals surface area (Å²) in [6, 6.07) is 2.15. The topological polar surface area (TPSA) is 23.8 Å². The smallest absolute Gasteiger partial charge is 0.0621 e. The van der Waals surface area contributed by atoms with E-state index in [9.17, 15) is 0 Å². The van der Waals surface area contributed by atoms with Gasteiger partial charge in [-0.05, 0) is 12.8 Å². The van der Waals surface area contributed by atoms with E-state index in [1.54, 1.807) is 0 Å². The van der Waals surface area contributed by atoms with Crippen LogP contribution in [-0.4, -0.2) is 0 Å². The first kappa shape index (κ1) is 11.1. The fraction of sp³-hybridized carbons (Fsp3) is 0.727. The van der Waals surface area contributed by atoms with Gasteiger partial charge in [-0.2, -0.15) is 5.26 Å². The zero-order valence-corrected chi connectivity index (χ0v) is 7.68. The second-order valence-corrected chi connectivity index (χ2v) is 2.98. The van der Waals surface area contributed by atoms with Crippen LogP contribution in [0.5, 0.6) is 0 Å². The van der Waals surface area contributed by atoms with Crippen LogP contribution in [0.25, 0.3) is 0 Å². The number of hydrogen-bond acceptors (Lipinski definition) is 1. The molecule has 0 bridgehead atoms. The maximum Gasteiger partial charge on any atom is 0.0621 e. The average Bonchev–Trinajstić information content (AvgIpc) is 2.10. The van der Waals surface area contributed by atoms with Gasteiger partial charge < -0.3 is 0 Å². The molecule has 66 valence electrons. The summed E-state index contributed by atoms with van der Waals surface area (Å²) in [6.07, 6.45) is 13.9. The minimum atomic E-state index is 0.713. The molecule has 0 fully saturated rings. The Kier molecular flexibility index (Phi) is 9.25. The summed E-state index contributed by atoms with van der Waals surface area (Å²) in [5.74, 6) is 2.64. The molecule has 12 heavy (non-hydrogen) atoms. The number of rotatable bonds is 7. The summed E-state index contributed by atoms with van der Waals surface area (Å²) in [4.78, 5) is 0. The normalized spacial score (nSPS) is 8.83. The van der Waals surface area contributed by atoms with Gasteiger partial charge >= 0.3 is 0 Å². The minimum Gasteiger partial charge on any atom is -0.198 e. The molecule has 0 N–H and O–H groups in total. The van der Waals surface area contributed by atoms with Gasteiger partial charge in [-0.3, -0.25) is 0 Å². The summed E-state index contributed by atoms with van der Waals surface area (Å²) >= 11 is 0. The van der Waals surface area contributed by atoms with Crippen LogP contribution in [0.4, 0.5) is 0 Å². The molecular weight excluding hydrogens is 146 g/mol. The van der Waals surface area contributed by atoms with E-state index in [-0.39, 0.29) is 0 Å². The third-order valence-electron chi connectivity index (χ3n) is 1.86. The van der Waals surface area contributed by atoms with Gasteiger partial charge in [0.2, 0.25) is 0 Å². The van der Waals surface area contributed by atoms with Gasteiger partial charge in [0, 0.05) is 12.8 Å². The zero-order chi connectivity index (χ0) is 9.07. The van der Waals surface area contributed by atoms with E-state index in [4.69, 9.17) is 11.7 Å². The van der Waals surface area contributed by atoms with Gasteiger partial charge in [-0.15, -0.1) is 12.3 Å². The Morgan fingerprint density at radius 1 is 0.833 bits per heavy atom. The van der Waals surface area contributed by atoms with Crippen molar-refractivity contribution >= 4 is 0 Å². The Morgan fingerprint density at radius 3 is 1.83 bits per heavy atom. The minimum absolute atomic E-state index is 0.713. The third kappa shape index (κ3) is 9.05. The van der Waals surface area contributed by atoms with Crippen molar-refractivity contribution in [1.29, 1.82) is 5.26 Å². The van der Waals surface area contributed by atoms with Crippen molar-refractivity contribution in [3.05, 3.63) is 0 Å². The second kappa shape index (κ2) is 10.0. The van der Waals surface area contributed by atoms with Gasteiger partial charge in [0.05, 0.1) is 6.07 Å². The van der Waals surface area contributed by atoms with E-state index < -0.39 is 0 Å². The molecule has 0 rings (SSSR count). The summed E-state index contributed by atoms with van der Waals surface area (Å²) in [5, 5.41) is 8.27. The molecule has 0 aromatic carbocycles. The van der Waals surface area contributed by atoms with Crippen molar-refractivity contribution in [3.8, 4) is 18.4 Å². The number of nitriles is 1. The quantitative estimate of drug-likeness (QED) is 0.417. The zero-order valence-electron chi connectivity index (χ0n) is 7.68. The van der Waals surface area contributed by atoms with Gasteiger partial charge in [0.15, 0.2) is 0 Å². The maximum absolute atomic E-state index is 8.27. The first-order valence-corrected chi connectivity index (χ1v) is 4.72. The van der Waals surface area contributed by atoms with Gasteiger partial charge in [0.1, 0.15) is 0 Å².